The van der Waals surface area contributed by atoms with Crippen molar-refractivity contribution in [3.05, 3.63) is 46.0 Å². The molecule has 100 valence electrons. The molecule has 6 heteroatoms. The van der Waals surface area contributed by atoms with Crippen LogP contribution in [0.15, 0.2) is 39.0 Å². The minimum Gasteiger partial charge on any atom is -0.453 e. The van der Waals surface area contributed by atoms with E-state index in [1.54, 1.807) is 11.3 Å². The van der Waals surface area contributed by atoms with Crippen LogP contribution in [-0.4, -0.2) is 15.9 Å². The van der Waals surface area contributed by atoms with E-state index in [0.29, 0.717) is 0 Å². The number of imidazole rings is 1. The van der Waals surface area contributed by atoms with Gasteiger partial charge in [0.25, 0.3) is 0 Å². The number of furan rings is 1. The van der Waals surface area contributed by atoms with Crippen molar-refractivity contribution in [1.82, 2.24) is 14.7 Å². The van der Waals surface area contributed by atoms with E-state index in [9.17, 15) is 0 Å². The molecular formula is C13H14BrN3OS. The van der Waals surface area contributed by atoms with E-state index >= 15 is 0 Å². The summed E-state index contributed by atoms with van der Waals surface area (Å²) >= 11 is 5.00. The molecule has 3 heterocycles. The van der Waals surface area contributed by atoms with Crippen LogP contribution in [-0.2, 0) is 6.42 Å². The van der Waals surface area contributed by atoms with E-state index in [2.05, 4.69) is 43.8 Å². The molecule has 0 aliphatic carbocycles. The fourth-order valence-corrected chi connectivity index (χ4v) is 3.16. The number of rotatable bonds is 5. The molecule has 19 heavy (non-hydrogen) atoms. The summed E-state index contributed by atoms with van der Waals surface area (Å²) in [7, 11) is 0. The standard InChI is InChI=1S/C13H14BrN3OS/c1-2-15-10(11-3-4-12(14)18-11)7-9-8-17-5-6-19-13(17)16-9/h3-6,8,10,15H,2,7H2,1H3. The SMILES string of the molecule is CCNC(Cc1cn2ccsc2n1)c1ccc(Br)o1. The zero-order chi connectivity index (χ0) is 13.2. The van der Waals surface area contributed by atoms with Crippen LogP contribution >= 0.6 is 27.3 Å². The number of likely N-dealkylation sites (N-methyl/N-ethyl adjacent to an activating group) is 1. The Morgan fingerprint density at radius 1 is 1.53 bits per heavy atom. The Bertz CT molecular complexity index is 644. The summed E-state index contributed by atoms with van der Waals surface area (Å²) in [5.41, 5.74) is 1.07. The lowest BCUT2D eigenvalue weighted by Crippen LogP contribution is -2.22. The van der Waals surface area contributed by atoms with Gasteiger partial charge in [-0.05, 0) is 34.6 Å². The normalized spacial score (nSPS) is 13.2. The molecule has 3 aromatic rings. The summed E-state index contributed by atoms with van der Waals surface area (Å²) in [6, 6.07) is 4.07. The van der Waals surface area contributed by atoms with Gasteiger partial charge in [-0.15, -0.1) is 11.3 Å². The number of nitrogens with one attached hydrogen (secondary N) is 1. The first-order valence-electron chi connectivity index (χ1n) is 6.16. The maximum absolute atomic E-state index is 5.65. The van der Waals surface area contributed by atoms with Gasteiger partial charge >= 0.3 is 0 Å². The van der Waals surface area contributed by atoms with Gasteiger partial charge < -0.3 is 9.73 Å². The number of hydrogen-bond acceptors (Lipinski definition) is 4. The Balaban J connectivity index is 1.82. The molecule has 1 atom stereocenters. The van der Waals surface area contributed by atoms with E-state index in [0.717, 1.165) is 34.1 Å². The van der Waals surface area contributed by atoms with Crippen molar-refractivity contribution in [3.63, 3.8) is 0 Å². The second-order valence-electron chi connectivity index (χ2n) is 4.28. The molecular weight excluding hydrogens is 326 g/mol. The lowest BCUT2D eigenvalue weighted by atomic mass is 10.1. The molecule has 0 amide bonds. The predicted molar refractivity (Wildman–Crippen MR) is 79.6 cm³/mol. The minimum absolute atomic E-state index is 0.154. The van der Waals surface area contributed by atoms with Gasteiger partial charge in [-0.2, -0.15) is 0 Å². The van der Waals surface area contributed by atoms with Crippen LogP contribution in [0.3, 0.4) is 0 Å². The van der Waals surface area contributed by atoms with E-state index in [1.807, 2.05) is 23.7 Å². The van der Waals surface area contributed by atoms with Crippen LogP contribution in [0, 0.1) is 0 Å². The Morgan fingerprint density at radius 3 is 3.11 bits per heavy atom. The zero-order valence-electron chi connectivity index (χ0n) is 10.5. The van der Waals surface area contributed by atoms with Crippen LogP contribution in [0.1, 0.15) is 24.4 Å². The summed E-state index contributed by atoms with van der Waals surface area (Å²) in [6.07, 6.45) is 4.93. The molecule has 0 spiro atoms. The average molecular weight is 340 g/mol. The quantitative estimate of drug-likeness (QED) is 0.771. The fourth-order valence-electron chi connectivity index (χ4n) is 2.12. The van der Waals surface area contributed by atoms with Crippen molar-refractivity contribution >= 4 is 32.2 Å². The maximum atomic E-state index is 5.65. The van der Waals surface area contributed by atoms with Crippen LogP contribution in [0.4, 0.5) is 0 Å². The highest BCUT2D eigenvalue weighted by molar-refractivity contribution is 9.10. The van der Waals surface area contributed by atoms with Gasteiger partial charge in [-0.1, -0.05) is 6.92 Å². The van der Waals surface area contributed by atoms with E-state index < -0.39 is 0 Å². The van der Waals surface area contributed by atoms with Crippen molar-refractivity contribution in [1.29, 1.82) is 0 Å². The number of thiazole rings is 1. The molecule has 3 rings (SSSR count). The first-order chi connectivity index (χ1) is 9.26. The topological polar surface area (TPSA) is 42.5 Å². The minimum atomic E-state index is 0.154. The van der Waals surface area contributed by atoms with Gasteiger partial charge in [-0.25, -0.2) is 4.98 Å². The van der Waals surface area contributed by atoms with Gasteiger partial charge in [0, 0.05) is 24.2 Å². The van der Waals surface area contributed by atoms with Crippen molar-refractivity contribution in [2.75, 3.05) is 6.54 Å². The van der Waals surface area contributed by atoms with Crippen LogP contribution in [0.5, 0.6) is 0 Å². The Morgan fingerprint density at radius 2 is 2.42 bits per heavy atom. The molecule has 1 N–H and O–H groups in total. The van der Waals surface area contributed by atoms with Gasteiger partial charge in [0.15, 0.2) is 9.63 Å². The molecule has 3 aromatic heterocycles. The third kappa shape index (κ3) is 2.75. The lowest BCUT2D eigenvalue weighted by molar-refractivity contribution is 0.403. The molecule has 0 radical (unpaired) electrons. The molecule has 0 saturated heterocycles. The number of hydrogen-bond donors (Lipinski definition) is 1. The van der Waals surface area contributed by atoms with Gasteiger partial charge in [0.1, 0.15) is 5.76 Å². The van der Waals surface area contributed by atoms with Crippen LogP contribution in [0.2, 0.25) is 0 Å². The second kappa shape index (κ2) is 5.48. The molecule has 0 aliphatic rings. The van der Waals surface area contributed by atoms with Crippen molar-refractivity contribution < 1.29 is 4.42 Å². The lowest BCUT2D eigenvalue weighted by Gasteiger charge is -2.13. The smallest absolute Gasteiger partial charge is 0.193 e. The molecule has 4 nitrogen and oxygen atoms in total. The third-order valence-corrected chi connectivity index (χ3v) is 4.14. The third-order valence-electron chi connectivity index (χ3n) is 2.94. The molecule has 0 fully saturated rings. The summed E-state index contributed by atoms with van der Waals surface area (Å²) < 4.78 is 8.47. The average Bonchev–Trinajstić information content (AvgIpc) is 3.03. The largest absolute Gasteiger partial charge is 0.453 e. The van der Waals surface area contributed by atoms with E-state index in [1.165, 1.54) is 0 Å². The van der Waals surface area contributed by atoms with Crippen LogP contribution < -0.4 is 5.32 Å². The Kier molecular flexibility index (Phi) is 3.72. The molecule has 0 aliphatic heterocycles. The number of halogens is 1. The highest BCUT2D eigenvalue weighted by atomic mass is 79.9. The number of nitrogens with zero attached hydrogens (tertiary/aromatic N) is 2. The van der Waals surface area contributed by atoms with Crippen LogP contribution in [0.25, 0.3) is 4.96 Å². The van der Waals surface area contributed by atoms with Gasteiger partial charge in [0.2, 0.25) is 0 Å². The van der Waals surface area contributed by atoms with E-state index in [-0.39, 0.29) is 6.04 Å². The molecule has 0 aromatic carbocycles. The molecule has 0 bridgehead atoms. The van der Waals surface area contributed by atoms with Crippen molar-refractivity contribution in [2.24, 2.45) is 0 Å². The summed E-state index contributed by atoms with van der Waals surface area (Å²) in [5, 5.41) is 5.48. The zero-order valence-corrected chi connectivity index (χ0v) is 12.9. The second-order valence-corrected chi connectivity index (χ2v) is 5.94. The molecule has 0 saturated carbocycles. The fraction of sp³-hybridized carbons (Fsp3) is 0.308. The summed E-state index contributed by atoms with van der Waals surface area (Å²) in [6.45, 7) is 2.99. The molecule has 1 unspecified atom stereocenters. The summed E-state index contributed by atoms with van der Waals surface area (Å²) in [5.74, 6) is 0.935. The van der Waals surface area contributed by atoms with Gasteiger partial charge in [-0.3, -0.25) is 4.40 Å². The summed E-state index contributed by atoms with van der Waals surface area (Å²) in [4.78, 5) is 5.65. The highest BCUT2D eigenvalue weighted by Crippen LogP contribution is 2.24. The van der Waals surface area contributed by atoms with E-state index in [4.69, 9.17) is 4.42 Å². The monoisotopic (exact) mass is 339 g/mol. The Labute approximate surface area is 123 Å². The highest BCUT2D eigenvalue weighted by Gasteiger charge is 2.17. The number of aromatic nitrogens is 2. The maximum Gasteiger partial charge on any atom is 0.193 e. The first-order valence-corrected chi connectivity index (χ1v) is 7.83. The first kappa shape index (κ1) is 12.9. The number of fused-ring (bicyclic) bond motifs is 1. The Hall–Kier alpha value is -1.11. The van der Waals surface area contributed by atoms with Crippen molar-refractivity contribution in [3.8, 4) is 0 Å². The predicted octanol–water partition coefficient (Wildman–Crippen LogP) is 3.64. The van der Waals surface area contributed by atoms with Gasteiger partial charge in [0.05, 0.1) is 11.7 Å². The van der Waals surface area contributed by atoms with Crippen molar-refractivity contribution in [2.45, 2.75) is 19.4 Å².